The van der Waals surface area contributed by atoms with Crippen molar-refractivity contribution in [1.29, 1.82) is 0 Å². The number of nitrogen functional groups attached to an aromatic ring is 1. The Morgan fingerprint density at radius 1 is 1.08 bits per heavy atom. The van der Waals surface area contributed by atoms with Gasteiger partial charge in [0.05, 0.1) is 11.3 Å². The molecule has 5 rings (SSSR count). The Bertz CT molecular complexity index is 1340. The molecule has 2 aromatic heterocycles. The fourth-order valence-electron chi connectivity index (χ4n) is 5.06. The Hall–Kier alpha value is -3.90. The number of likely N-dealkylation sites (tertiary alicyclic amines) is 1. The van der Waals surface area contributed by atoms with Crippen LogP contribution in [0.2, 0.25) is 0 Å². The lowest BCUT2D eigenvalue weighted by Crippen LogP contribution is -2.58. The molecule has 0 spiro atoms. The Morgan fingerprint density at radius 3 is 2.34 bits per heavy atom. The van der Waals surface area contributed by atoms with Crippen LogP contribution in [0.15, 0.2) is 48.8 Å². The number of carbonyl (C=O) groups excluding carboxylic acids is 2. The van der Waals surface area contributed by atoms with Crippen LogP contribution in [0.3, 0.4) is 0 Å². The molecule has 0 unspecified atom stereocenters. The number of pyridine rings is 1. The Labute approximate surface area is 217 Å². The van der Waals surface area contributed by atoms with Crippen molar-refractivity contribution in [2.24, 2.45) is 5.73 Å². The van der Waals surface area contributed by atoms with Crippen LogP contribution in [0.4, 0.5) is 24.7 Å². The smallest absolute Gasteiger partial charge is 0.397 e. The van der Waals surface area contributed by atoms with E-state index in [-0.39, 0.29) is 23.0 Å². The maximum atomic E-state index is 12.9. The van der Waals surface area contributed by atoms with Gasteiger partial charge in [0.2, 0.25) is 0 Å². The molecule has 2 aliphatic heterocycles. The number of piperidine rings is 1. The molecule has 2 saturated heterocycles. The van der Waals surface area contributed by atoms with E-state index in [4.69, 9.17) is 11.5 Å². The number of aromatic nitrogens is 2. The zero-order valence-electron chi connectivity index (χ0n) is 20.5. The quantitative estimate of drug-likeness (QED) is 0.390. The molecule has 0 saturated carbocycles. The molecule has 12 heteroatoms. The van der Waals surface area contributed by atoms with Crippen LogP contribution in [0.25, 0.3) is 5.69 Å². The maximum Gasteiger partial charge on any atom is 0.416 e. The van der Waals surface area contributed by atoms with Gasteiger partial charge >= 0.3 is 6.18 Å². The second-order valence-corrected chi connectivity index (χ2v) is 9.63. The number of rotatable bonds is 6. The van der Waals surface area contributed by atoms with Gasteiger partial charge in [0.1, 0.15) is 11.5 Å². The van der Waals surface area contributed by atoms with Gasteiger partial charge in [0.25, 0.3) is 11.8 Å². The third kappa shape index (κ3) is 5.09. The number of anilines is 2. The number of hydrogen-bond donors (Lipinski definition) is 4. The predicted molar refractivity (Wildman–Crippen MR) is 136 cm³/mol. The van der Waals surface area contributed by atoms with Crippen molar-refractivity contribution in [2.75, 3.05) is 37.2 Å². The van der Waals surface area contributed by atoms with E-state index in [0.29, 0.717) is 17.4 Å². The Kier molecular flexibility index (Phi) is 6.84. The standard InChI is InChI=1S/C26H28F3N7O2/c27-26(28,29)17-5-8-33-21(11-17)34-25(38)16-1-3-18(4-2-16)36-14-20(22(30)23(36)24(31)37)15-6-9-35(10-7-15)19-12-32-13-19/h1-5,8,11,14-15,19,32H,6-7,9-10,12-13,30H2,(H2,31,37)(H,33,34,38). The molecule has 2 aliphatic rings. The molecular formula is C26H28F3N7O2. The van der Waals surface area contributed by atoms with E-state index in [9.17, 15) is 22.8 Å². The van der Waals surface area contributed by atoms with E-state index in [1.807, 2.05) is 6.20 Å². The van der Waals surface area contributed by atoms with Crippen molar-refractivity contribution in [3.8, 4) is 5.69 Å². The topological polar surface area (TPSA) is 131 Å². The molecule has 6 N–H and O–H groups in total. The summed E-state index contributed by atoms with van der Waals surface area (Å²) in [7, 11) is 0. The summed E-state index contributed by atoms with van der Waals surface area (Å²) in [5, 5.41) is 5.67. The lowest BCUT2D eigenvalue weighted by molar-refractivity contribution is -0.137. The van der Waals surface area contributed by atoms with Gasteiger partial charge in [-0.05, 0) is 73.8 Å². The lowest BCUT2D eigenvalue weighted by Gasteiger charge is -2.42. The van der Waals surface area contributed by atoms with Crippen molar-refractivity contribution >= 4 is 23.3 Å². The summed E-state index contributed by atoms with van der Waals surface area (Å²) in [6.45, 7) is 3.94. The van der Waals surface area contributed by atoms with E-state index < -0.39 is 23.6 Å². The molecule has 0 bridgehead atoms. The van der Waals surface area contributed by atoms with Crippen molar-refractivity contribution in [3.05, 3.63) is 71.2 Å². The van der Waals surface area contributed by atoms with Gasteiger partial charge < -0.3 is 26.7 Å². The third-order valence-electron chi connectivity index (χ3n) is 7.29. The second-order valence-electron chi connectivity index (χ2n) is 9.63. The molecule has 0 atom stereocenters. The van der Waals surface area contributed by atoms with Crippen LogP contribution in [0.1, 0.15) is 50.7 Å². The zero-order chi connectivity index (χ0) is 27.0. The van der Waals surface area contributed by atoms with E-state index in [1.165, 1.54) is 12.1 Å². The number of benzene rings is 1. The molecule has 9 nitrogen and oxygen atoms in total. The van der Waals surface area contributed by atoms with E-state index in [0.717, 1.165) is 62.9 Å². The van der Waals surface area contributed by atoms with Crippen LogP contribution >= 0.6 is 0 Å². The number of nitrogens with two attached hydrogens (primary N) is 2. The fraction of sp³-hybridized carbons (Fsp3) is 0.346. The molecule has 0 radical (unpaired) electrons. The summed E-state index contributed by atoms with van der Waals surface area (Å²) >= 11 is 0. The molecule has 1 aromatic carbocycles. The van der Waals surface area contributed by atoms with Crippen molar-refractivity contribution < 1.29 is 22.8 Å². The van der Waals surface area contributed by atoms with Gasteiger partial charge in [-0.3, -0.25) is 14.5 Å². The van der Waals surface area contributed by atoms with E-state index in [2.05, 4.69) is 20.5 Å². The van der Waals surface area contributed by atoms with E-state index >= 15 is 0 Å². The van der Waals surface area contributed by atoms with Crippen LogP contribution < -0.4 is 22.1 Å². The van der Waals surface area contributed by atoms with Gasteiger partial charge in [-0.2, -0.15) is 13.2 Å². The first kappa shape index (κ1) is 25.7. The summed E-state index contributed by atoms with van der Waals surface area (Å²) in [4.78, 5) is 31.2. The van der Waals surface area contributed by atoms with Crippen LogP contribution in [-0.2, 0) is 6.18 Å². The number of nitrogens with zero attached hydrogens (tertiary/aromatic N) is 3. The van der Waals surface area contributed by atoms with Gasteiger partial charge in [-0.15, -0.1) is 0 Å². The van der Waals surface area contributed by atoms with Crippen LogP contribution in [0.5, 0.6) is 0 Å². The molecule has 0 aliphatic carbocycles. The third-order valence-corrected chi connectivity index (χ3v) is 7.29. The number of amides is 2. The predicted octanol–water partition coefficient (Wildman–Crippen LogP) is 2.98. The summed E-state index contributed by atoms with van der Waals surface area (Å²) in [5.41, 5.74) is 13.4. The monoisotopic (exact) mass is 527 g/mol. The maximum absolute atomic E-state index is 12.9. The number of nitrogens with one attached hydrogen (secondary N) is 2. The number of halogens is 3. The Morgan fingerprint density at radius 2 is 1.76 bits per heavy atom. The number of alkyl halides is 3. The SMILES string of the molecule is NC(=O)c1c(N)c(C2CCN(C3CNC3)CC2)cn1-c1ccc(C(=O)Nc2cc(C(F)(F)F)ccn2)cc1. The first-order chi connectivity index (χ1) is 18.1. The first-order valence-corrected chi connectivity index (χ1v) is 12.3. The minimum Gasteiger partial charge on any atom is -0.397 e. The number of carbonyl (C=O) groups is 2. The largest absolute Gasteiger partial charge is 0.416 e. The van der Waals surface area contributed by atoms with Crippen molar-refractivity contribution in [2.45, 2.75) is 31.0 Å². The van der Waals surface area contributed by atoms with Crippen LogP contribution in [0, 0.1) is 0 Å². The Balaban J connectivity index is 1.33. The van der Waals surface area contributed by atoms with Crippen molar-refractivity contribution in [1.82, 2.24) is 19.8 Å². The highest BCUT2D eigenvalue weighted by atomic mass is 19.4. The summed E-state index contributed by atoms with van der Waals surface area (Å²) < 4.78 is 40.5. The van der Waals surface area contributed by atoms with Gasteiger partial charge in [-0.1, -0.05) is 0 Å². The molecule has 38 heavy (non-hydrogen) atoms. The summed E-state index contributed by atoms with van der Waals surface area (Å²) in [6, 6.07) is 8.43. The second kappa shape index (κ2) is 10.1. The average molecular weight is 528 g/mol. The van der Waals surface area contributed by atoms with Gasteiger partial charge in [0, 0.05) is 42.8 Å². The average Bonchev–Trinajstić information content (AvgIpc) is 3.20. The zero-order valence-corrected chi connectivity index (χ0v) is 20.5. The van der Waals surface area contributed by atoms with Crippen LogP contribution in [-0.4, -0.2) is 58.5 Å². The normalized spacial score (nSPS) is 17.2. The summed E-state index contributed by atoms with van der Waals surface area (Å²) in [5.74, 6) is -1.31. The van der Waals surface area contributed by atoms with Crippen molar-refractivity contribution in [3.63, 3.8) is 0 Å². The highest BCUT2D eigenvalue weighted by molar-refractivity contribution is 6.04. The van der Waals surface area contributed by atoms with E-state index in [1.54, 1.807) is 16.7 Å². The molecule has 2 amide bonds. The molecule has 4 heterocycles. The highest BCUT2D eigenvalue weighted by Gasteiger charge is 2.32. The molecular weight excluding hydrogens is 499 g/mol. The first-order valence-electron chi connectivity index (χ1n) is 12.3. The van der Waals surface area contributed by atoms with Gasteiger partial charge in [0.15, 0.2) is 0 Å². The van der Waals surface area contributed by atoms with Gasteiger partial charge in [-0.25, -0.2) is 4.98 Å². The molecule has 2 fully saturated rings. The summed E-state index contributed by atoms with van der Waals surface area (Å²) in [6.07, 6.45) is 0.111. The molecule has 3 aromatic rings. The number of primary amides is 1. The molecule has 200 valence electrons. The highest BCUT2D eigenvalue weighted by Crippen LogP contribution is 2.36. The minimum absolute atomic E-state index is 0.177. The number of hydrogen-bond acceptors (Lipinski definition) is 6. The minimum atomic E-state index is -4.55. The lowest BCUT2D eigenvalue weighted by atomic mass is 9.89. The fourth-order valence-corrected chi connectivity index (χ4v) is 5.06.